The number of aromatic nitrogens is 1. The molecular weight excluding hydrogens is 630 g/mol. The van der Waals surface area contributed by atoms with Crippen molar-refractivity contribution in [1.29, 1.82) is 5.26 Å². The van der Waals surface area contributed by atoms with E-state index in [2.05, 4.69) is 11.1 Å². The van der Waals surface area contributed by atoms with Crippen LogP contribution in [0.1, 0.15) is 42.1 Å². The van der Waals surface area contributed by atoms with Gasteiger partial charge in [0.25, 0.3) is 5.56 Å². The largest absolute Gasteiger partial charge is 0.493 e. The molecule has 2 heterocycles. The van der Waals surface area contributed by atoms with Gasteiger partial charge in [0.2, 0.25) is 0 Å². The van der Waals surface area contributed by atoms with Crippen LogP contribution >= 0.6 is 22.9 Å². The lowest BCUT2D eigenvalue weighted by Crippen LogP contribution is -2.39. The van der Waals surface area contributed by atoms with Gasteiger partial charge in [-0.3, -0.25) is 9.36 Å². The van der Waals surface area contributed by atoms with Crippen molar-refractivity contribution in [2.75, 3.05) is 27.4 Å². The Bertz CT molecular complexity index is 2040. The molecule has 46 heavy (non-hydrogen) atoms. The van der Waals surface area contributed by atoms with E-state index >= 15 is 0 Å². The maximum absolute atomic E-state index is 14.0. The molecule has 0 radical (unpaired) electrons. The van der Waals surface area contributed by atoms with Gasteiger partial charge in [0.1, 0.15) is 6.61 Å². The highest BCUT2D eigenvalue weighted by atomic mass is 35.5. The van der Waals surface area contributed by atoms with Crippen molar-refractivity contribution in [2.24, 2.45) is 4.99 Å². The fourth-order valence-electron chi connectivity index (χ4n) is 5.01. The fraction of sp³-hybridized carbons (Fsp3) is 0.235. The molecule has 0 N–H and O–H groups in total. The van der Waals surface area contributed by atoms with Gasteiger partial charge in [-0.15, -0.1) is 0 Å². The Balaban J connectivity index is 1.56. The quantitative estimate of drug-likeness (QED) is 0.208. The Morgan fingerprint density at radius 2 is 1.80 bits per heavy atom. The standard InChI is InChI=1S/C34H30ClN3O7S/c1-5-43-26-12-11-21(16-27(26)44-6-2)30-24(33(40)42-4)18-37-34-38(30)32(39)29(46-34)15-20-13-25(35)31(28(14-20)41-3)45-19-23-10-8-7-9-22(23)17-36/h7-16,18,30H,5-6,19H2,1-4H3/b29-15-/t30-/m0/s1. The van der Waals surface area contributed by atoms with E-state index < -0.39 is 12.0 Å². The van der Waals surface area contributed by atoms with Gasteiger partial charge in [-0.25, -0.2) is 9.79 Å². The zero-order valence-corrected chi connectivity index (χ0v) is 27.1. The number of thiazole rings is 1. The summed E-state index contributed by atoms with van der Waals surface area (Å²) >= 11 is 7.81. The molecule has 1 aliphatic heterocycles. The number of nitrogens with zero attached hydrogens (tertiary/aromatic N) is 3. The molecule has 1 aromatic heterocycles. The highest BCUT2D eigenvalue weighted by Crippen LogP contribution is 2.38. The molecule has 0 saturated carbocycles. The molecule has 10 nitrogen and oxygen atoms in total. The van der Waals surface area contributed by atoms with Gasteiger partial charge >= 0.3 is 5.97 Å². The number of fused-ring (bicyclic) bond motifs is 1. The second-order valence-corrected chi connectivity index (χ2v) is 11.3. The van der Waals surface area contributed by atoms with Crippen LogP contribution in [0.3, 0.4) is 0 Å². The van der Waals surface area contributed by atoms with Crippen LogP contribution in [0.2, 0.25) is 5.02 Å². The maximum atomic E-state index is 14.0. The number of rotatable bonds is 11. The van der Waals surface area contributed by atoms with E-state index in [1.54, 1.807) is 54.6 Å². The lowest BCUT2D eigenvalue weighted by Gasteiger charge is -2.23. The van der Waals surface area contributed by atoms with Crippen molar-refractivity contribution < 1.29 is 28.5 Å². The van der Waals surface area contributed by atoms with Crippen molar-refractivity contribution in [2.45, 2.75) is 26.5 Å². The highest BCUT2D eigenvalue weighted by Gasteiger charge is 2.31. The first-order chi connectivity index (χ1) is 22.3. The van der Waals surface area contributed by atoms with Gasteiger partial charge in [-0.1, -0.05) is 47.2 Å². The average molecular weight is 660 g/mol. The summed E-state index contributed by atoms with van der Waals surface area (Å²) in [4.78, 5) is 31.7. The molecule has 0 unspecified atom stereocenters. The minimum atomic E-state index is -0.828. The molecule has 1 aliphatic rings. The van der Waals surface area contributed by atoms with Crippen LogP contribution in [0.4, 0.5) is 0 Å². The summed E-state index contributed by atoms with van der Waals surface area (Å²) in [6.45, 7) is 4.68. The number of methoxy groups -OCH3 is 2. The molecule has 4 aromatic rings. The highest BCUT2D eigenvalue weighted by molar-refractivity contribution is 7.07. The molecule has 3 aromatic carbocycles. The molecule has 0 spiro atoms. The summed E-state index contributed by atoms with van der Waals surface area (Å²) in [6, 6.07) is 17.1. The second-order valence-electron chi connectivity index (χ2n) is 9.84. The Hall–Kier alpha value is -5.05. The van der Waals surface area contributed by atoms with E-state index in [4.69, 9.17) is 35.3 Å². The number of hydrogen-bond donors (Lipinski definition) is 0. The average Bonchev–Trinajstić information content (AvgIpc) is 3.38. The molecule has 0 amide bonds. The van der Waals surface area contributed by atoms with Crippen molar-refractivity contribution in [3.63, 3.8) is 0 Å². The Labute approximate surface area is 274 Å². The minimum Gasteiger partial charge on any atom is -0.493 e. The number of nitriles is 1. The third-order valence-electron chi connectivity index (χ3n) is 7.07. The summed E-state index contributed by atoms with van der Waals surface area (Å²) in [6.07, 6.45) is 3.11. The van der Waals surface area contributed by atoms with E-state index in [9.17, 15) is 14.9 Å². The lowest BCUT2D eigenvalue weighted by atomic mass is 9.97. The predicted octanol–water partition coefficient (Wildman–Crippen LogP) is 4.93. The van der Waals surface area contributed by atoms with E-state index in [1.165, 1.54) is 36.3 Å². The lowest BCUT2D eigenvalue weighted by molar-refractivity contribution is -0.136. The normalized spacial score (nSPS) is 14.0. The van der Waals surface area contributed by atoms with Crippen LogP contribution in [-0.2, 0) is 16.1 Å². The topological polar surface area (TPSA) is 121 Å². The Kier molecular flexibility index (Phi) is 10.1. The molecular formula is C34H30ClN3O7S. The van der Waals surface area contributed by atoms with E-state index in [0.717, 1.165) is 0 Å². The minimum absolute atomic E-state index is 0.108. The van der Waals surface area contributed by atoms with Crippen molar-refractivity contribution in [3.8, 4) is 29.1 Å². The molecule has 5 rings (SSSR count). The van der Waals surface area contributed by atoms with Crippen molar-refractivity contribution in [3.05, 3.63) is 113 Å². The van der Waals surface area contributed by atoms with Crippen LogP contribution in [0.25, 0.3) is 6.08 Å². The molecule has 0 bridgehead atoms. The molecule has 12 heteroatoms. The summed E-state index contributed by atoms with van der Waals surface area (Å²) in [5, 5.41) is 9.66. The smallest absolute Gasteiger partial charge is 0.337 e. The van der Waals surface area contributed by atoms with Gasteiger partial charge in [0, 0.05) is 11.8 Å². The number of ether oxygens (including phenoxy) is 5. The van der Waals surface area contributed by atoms with Gasteiger partial charge in [-0.2, -0.15) is 5.26 Å². The van der Waals surface area contributed by atoms with Crippen LogP contribution in [0.5, 0.6) is 23.0 Å². The summed E-state index contributed by atoms with van der Waals surface area (Å²) in [5.41, 5.74) is 2.24. The Morgan fingerprint density at radius 1 is 1.04 bits per heavy atom. The first kappa shape index (κ1) is 32.3. The third-order valence-corrected chi connectivity index (χ3v) is 8.35. The second kappa shape index (κ2) is 14.4. The van der Waals surface area contributed by atoms with Crippen LogP contribution in [0, 0.1) is 11.3 Å². The van der Waals surface area contributed by atoms with Crippen LogP contribution in [-0.4, -0.2) is 38.0 Å². The first-order valence-corrected chi connectivity index (χ1v) is 15.5. The van der Waals surface area contributed by atoms with E-state index in [0.29, 0.717) is 67.8 Å². The first-order valence-electron chi connectivity index (χ1n) is 14.3. The molecule has 0 aliphatic carbocycles. The van der Waals surface area contributed by atoms with Crippen LogP contribution < -0.4 is 33.8 Å². The zero-order chi connectivity index (χ0) is 32.8. The number of hydrogen-bond acceptors (Lipinski definition) is 10. The molecule has 1 atom stereocenters. The van der Waals surface area contributed by atoms with Crippen molar-refractivity contribution in [1.82, 2.24) is 4.57 Å². The van der Waals surface area contributed by atoms with E-state index in [-0.39, 0.29) is 22.8 Å². The van der Waals surface area contributed by atoms with Gasteiger partial charge in [-0.05, 0) is 61.4 Å². The van der Waals surface area contributed by atoms with Crippen LogP contribution in [0.15, 0.2) is 76.2 Å². The summed E-state index contributed by atoms with van der Waals surface area (Å²) < 4.78 is 29.9. The Morgan fingerprint density at radius 3 is 2.52 bits per heavy atom. The number of esters is 1. The number of benzene rings is 3. The SMILES string of the molecule is CCOc1ccc([C@H]2C(C(=O)OC)=CN=c3s/c(=C\c4cc(Cl)c(OCc5ccccc5C#N)c(OC)c4)c(=O)n32)cc1OCC. The molecule has 0 fully saturated rings. The molecule has 0 saturated heterocycles. The maximum Gasteiger partial charge on any atom is 0.337 e. The monoisotopic (exact) mass is 659 g/mol. The molecule has 236 valence electrons. The van der Waals surface area contributed by atoms with E-state index in [1.807, 2.05) is 19.9 Å². The van der Waals surface area contributed by atoms with Crippen molar-refractivity contribution >= 4 is 35.0 Å². The number of carbonyl (C=O) groups excluding carboxylic acids is 1. The third kappa shape index (κ3) is 6.49. The van der Waals surface area contributed by atoms with Gasteiger partial charge in [0.05, 0.1) is 60.2 Å². The van der Waals surface area contributed by atoms with Gasteiger partial charge < -0.3 is 23.7 Å². The van der Waals surface area contributed by atoms with Gasteiger partial charge in [0.15, 0.2) is 27.8 Å². The zero-order valence-electron chi connectivity index (χ0n) is 25.5. The predicted molar refractivity (Wildman–Crippen MR) is 173 cm³/mol. The summed E-state index contributed by atoms with van der Waals surface area (Å²) in [7, 11) is 2.77. The number of carbonyl (C=O) groups is 1. The fourth-order valence-corrected chi connectivity index (χ4v) is 6.25. The number of halogens is 1. The summed E-state index contributed by atoms with van der Waals surface area (Å²) in [5.74, 6) is 1.09.